The van der Waals surface area contributed by atoms with Crippen LogP contribution in [0.5, 0.6) is 11.5 Å². The van der Waals surface area contributed by atoms with Crippen LogP contribution < -0.4 is 20.1 Å². The zero-order valence-corrected chi connectivity index (χ0v) is 18.7. The van der Waals surface area contributed by atoms with Crippen LogP contribution in [-0.2, 0) is 14.3 Å². The molecule has 9 heteroatoms. The zero-order chi connectivity index (χ0) is 22.9. The first-order valence-corrected chi connectivity index (χ1v) is 10.6. The monoisotopic (exact) mass is 435 g/mol. The van der Waals surface area contributed by atoms with Gasteiger partial charge in [-0.25, -0.2) is 4.79 Å². The summed E-state index contributed by atoms with van der Waals surface area (Å²) in [5.41, 5.74) is -0.616. The third-order valence-electron chi connectivity index (χ3n) is 4.51. The van der Waals surface area contributed by atoms with Crippen molar-refractivity contribution in [1.29, 1.82) is 0 Å². The van der Waals surface area contributed by atoms with Crippen molar-refractivity contribution in [1.82, 2.24) is 15.5 Å². The van der Waals surface area contributed by atoms with Crippen molar-refractivity contribution < 1.29 is 28.6 Å². The molecule has 2 rings (SSSR count). The number of hydrogen-bond acceptors (Lipinski definition) is 6. The van der Waals surface area contributed by atoms with E-state index in [4.69, 9.17) is 14.2 Å². The molecule has 1 aromatic carbocycles. The normalized spacial score (nSPS) is 14.5. The number of amides is 3. The van der Waals surface area contributed by atoms with Gasteiger partial charge in [-0.15, -0.1) is 0 Å². The second-order valence-electron chi connectivity index (χ2n) is 8.25. The first-order chi connectivity index (χ1) is 14.7. The molecular weight excluding hydrogens is 402 g/mol. The Hall–Kier alpha value is -2.97. The standard InChI is InChI=1S/C22H33N3O6/c1-5-29-17-8-6-7-9-18(17)30-15-20(27)25-12-10-16(11-13-25)24-19(26)14-23-21(28)31-22(2,3)4/h6-9,16H,5,10-15H2,1-4H3,(H,23,28)(H,24,26). The number of piperidine rings is 1. The van der Waals surface area contributed by atoms with Gasteiger partial charge in [0.2, 0.25) is 5.91 Å². The van der Waals surface area contributed by atoms with Crippen LogP contribution in [0.1, 0.15) is 40.5 Å². The van der Waals surface area contributed by atoms with E-state index in [1.54, 1.807) is 37.8 Å². The second-order valence-corrected chi connectivity index (χ2v) is 8.25. The minimum absolute atomic E-state index is 0.0448. The lowest BCUT2D eigenvalue weighted by atomic mass is 10.0. The summed E-state index contributed by atoms with van der Waals surface area (Å²) in [5.74, 6) is 0.755. The molecule has 1 aliphatic heterocycles. The third kappa shape index (κ3) is 8.74. The summed E-state index contributed by atoms with van der Waals surface area (Å²) in [6.07, 6.45) is 0.646. The molecule has 0 saturated carbocycles. The maximum absolute atomic E-state index is 12.5. The molecule has 2 N–H and O–H groups in total. The fourth-order valence-electron chi connectivity index (χ4n) is 3.09. The predicted molar refractivity (Wildman–Crippen MR) is 115 cm³/mol. The van der Waals surface area contributed by atoms with Gasteiger partial charge in [0.15, 0.2) is 18.1 Å². The molecule has 0 spiro atoms. The van der Waals surface area contributed by atoms with Crippen LogP contribution in [0.4, 0.5) is 4.79 Å². The first-order valence-electron chi connectivity index (χ1n) is 10.6. The van der Waals surface area contributed by atoms with Gasteiger partial charge in [-0.05, 0) is 52.7 Å². The highest BCUT2D eigenvalue weighted by atomic mass is 16.6. The van der Waals surface area contributed by atoms with Gasteiger partial charge < -0.3 is 29.7 Å². The number of benzene rings is 1. The molecule has 0 atom stereocenters. The zero-order valence-electron chi connectivity index (χ0n) is 18.7. The molecule has 172 valence electrons. The van der Waals surface area contributed by atoms with Gasteiger partial charge in [0.1, 0.15) is 12.1 Å². The van der Waals surface area contributed by atoms with E-state index in [0.717, 1.165) is 0 Å². The molecule has 1 saturated heterocycles. The van der Waals surface area contributed by atoms with Crippen LogP contribution in [0.15, 0.2) is 24.3 Å². The molecule has 31 heavy (non-hydrogen) atoms. The third-order valence-corrected chi connectivity index (χ3v) is 4.51. The number of nitrogens with one attached hydrogen (secondary N) is 2. The van der Waals surface area contributed by atoms with Crippen molar-refractivity contribution >= 4 is 17.9 Å². The van der Waals surface area contributed by atoms with Crippen molar-refractivity contribution in [3.8, 4) is 11.5 Å². The SMILES string of the molecule is CCOc1ccccc1OCC(=O)N1CCC(NC(=O)CNC(=O)OC(C)(C)C)CC1. The van der Waals surface area contributed by atoms with Crippen molar-refractivity contribution in [3.63, 3.8) is 0 Å². The van der Waals surface area contributed by atoms with Crippen LogP contribution in [0.2, 0.25) is 0 Å². The predicted octanol–water partition coefficient (Wildman–Crippen LogP) is 2.10. The Morgan fingerprint density at radius 3 is 2.26 bits per heavy atom. The molecular formula is C22H33N3O6. The summed E-state index contributed by atoms with van der Waals surface area (Å²) in [7, 11) is 0. The van der Waals surface area contributed by atoms with Crippen LogP contribution >= 0.6 is 0 Å². The minimum Gasteiger partial charge on any atom is -0.490 e. The molecule has 1 fully saturated rings. The number of nitrogens with zero attached hydrogens (tertiary/aromatic N) is 1. The van der Waals surface area contributed by atoms with E-state index in [2.05, 4.69) is 10.6 Å². The van der Waals surface area contributed by atoms with Crippen LogP contribution in [0.3, 0.4) is 0 Å². The Morgan fingerprint density at radius 1 is 1.06 bits per heavy atom. The van der Waals surface area contributed by atoms with Gasteiger partial charge in [-0.2, -0.15) is 0 Å². The summed E-state index contributed by atoms with van der Waals surface area (Å²) in [6, 6.07) is 7.20. The quantitative estimate of drug-likeness (QED) is 0.648. The maximum Gasteiger partial charge on any atom is 0.408 e. The largest absolute Gasteiger partial charge is 0.490 e. The van der Waals surface area contributed by atoms with E-state index in [1.165, 1.54) is 0 Å². The molecule has 1 heterocycles. The van der Waals surface area contributed by atoms with Crippen LogP contribution in [-0.4, -0.2) is 67.3 Å². The highest BCUT2D eigenvalue weighted by molar-refractivity contribution is 5.82. The van der Waals surface area contributed by atoms with E-state index < -0.39 is 11.7 Å². The summed E-state index contributed by atoms with van der Waals surface area (Å²) < 4.78 is 16.2. The minimum atomic E-state index is -0.631. The molecule has 0 bridgehead atoms. The van der Waals surface area contributed by atoms with Gasteiger partial charge in [0, 0.05) is 19.1 Å². The first kappa shape index (κ1) is 24.3. The topological polar surface area (TPSA) is 106 Å². The number of likely N-dealkylation sites (tertiary alicyclic amines) is 1. The van der Waals surface area contributed by atoms with Gasteiger partial charge in [0.25, 0.3) is 5.91 Å². The van der Waals surface area contributed by atoms with Crippen molar-refractivity contribution in [2.24, 2.45) is 0 Å². The highest BCUT2D eigenvalue weighted by Gasteiger charge is 2.24. The molecule has 3 amide bonds. The lowest BCUT2D eigenvalue weighted by Crippen LogP contribution is -2.49. The number of carbonyl (C=O) groups is 3. The average molecular weight is 436 g/mol. The molecule has 9 nitrogen and oxygen atoms in total. The Kier molecular flexibility index (Phi) is 8.96. The number of ether oxygens (including phenoxy) is 3. The Balaban J connectivity index is 1.69. The molecule has 0 aromatic heterocycles. The summed E-state index contributed by atoms with van der Waals surface area (Å²) >= 11 is 0. The van der Waals surface area contributed by atoms with Gasteiger partial charge in [-0.1, -0.05) is 12.1 Å². The Morgan fingerprint density at radius 2 is 1.68 bits per heavy atom. The van der Waals surface area contributed by atoms with Crippen LogP contribution in [0.25, 0.3) is 0 Å². The number of carbonyl (C=O) groups excluding carboxylic acids is 3. The average Bonchev–Trinajstić information content (AvgIpc) is 2.71. The van der Waals surface area contributed by atoms with Crippen LogP contribution in [0, 0.1) is 0 Å². The Bertz CT molecular complexity index is 754. The second kappa shape index (κ2) is 11.4. The molecule has 0 unspecified atom stereocenters. The Labute approximate surface area is 183 Å². The number of alkyl carbamates (subject to hydrolysis) is 1. The smallest absolute Gasteiger partial charge is 0.408 e. The van der Waals surface area contributed by atoms with Gasteiger partial charge >= 0.3 is 6.09 Å². The fourth-order valence-corrected chi connectivity index (χ4v) is 3.09. The molecule has 1 aromatic rings. The summed E-state index contributed by atoms with van der Waals surface area (Å²) in [5, 5.41) is 5.32. The number of rotatable bonds is 8. The molecule has 0 aliphatic carbocycles. The van der Waals surface area contributed by atoms with E-state index in [0.29, 0.717) is 44.0 Å². The van der Waals surface area contributed by atoms with Crippen molar-refractivity contribution in [2.75, 3.05) is 32.8 Å². The number of hydrogen-bond donors (Lipinski definition) is 2. The molecule has 0 radical (unpaired) electrons. The molecule has 1 aliphatic rings. The van der Waals surface area contributed by atoms with E-state index in [9.17, 15) is 14.4 Å². The summed E-state index contributed by atoms with van der Waals surface area (Å²) in [4.78, 5) is 37.9. The van der Waals surface area contributed by atoms with E-state index in [1.807, 2.05) is 19.1 Å². The van der Waals surface area contributed by atoms with E-state index in [-0.39, 0.29) is 31.0 Å². The van der Waals surface area contributed by atoms with Gasteiger partial charge in [-0.3, -0.25) is 9.59 Å². The van der Waals surface area contributed by atoms with Crippen molar-refractivity contribution in [2.45, 2.75) is 52.2 Å². The lowest BCUT2D eigenvalue weighted by molar-refractivity contribution is -0.134. The number of para-hydroxylation sites is 2. The summed E-state index contributed by atoms with van der Waals surface area (Å²) in [6.45, 7) is 8.50. The van der Waals surface area contributed by atoms with E-state index >= 15 is 0 Å². The van der Waals surface area contributed by atoms with Gasteiger partial charge in [0.05, 0.1) is 6.61 Å². The fraction of sp³-hybridized carbons (Fsp3) is 0.591. The lowest BCUT2D eigenvalue weighted by Gasteiger charge is -2.32. The maximum atomic E-state index is 12.5. The van der Waals surface area contributed by atoms with Crippen molar-refractivity contribution in [3.05, 3.63) is 24.3 Å². The highest BCUT2D eigenvalue weighted by Crippen LogP contribution is 2.26.